The van der Waals surface area contributed by atoms with Crippen molar-refractivity contribution in [2.75, 3.05) is 0 Å². The van der Waals surface area contributed by atoms with Gasteiger partial charge in [0.2, 0.25) is 0 Å². The molecule has 0 aromatic heterocycles. The molecule has 1 aromatic rings. The molecule has 0 bridgehead atoms. The Labute approximate surface area is 82.2 Å². The zero-order valence-corrected chi connectivity index (χ0v) is 7.83. The number of thiocarbonyl (C=S) groups is 1. The van der Waals surface area contributed by atoms with Crippen LogP contribution in [0.4, 0.5) is 0 Å². The van der Waals surface area contributed by atoms with Crippen LogP contribution in [0, 0.1) is 0 Å². The van der Waals surface area contributed by atoms with Gasteiger partial charge in [0, 0.05) is 0 Å². The lowest BCUT2D eigenvalue weighted by atomic mass is 10.3. The first-order valence-corrected chi connectivity index (χ1v) is 3.61. The molecule has 0 fully saturated rings. The monoisotopic (exact) mass is 200 g/mol. The highest BCUT2D eigenvalue weighted by Gasteiger charge is 1.74. The van der Waals surface area contributed by atoms with Crippen LogP contribution in [0.3, 0.4) is 0 Å². The lowest BCUT2D eigenvalue weighted by Crippen LogP contribution is -2.18. The Hall–Kier alpha value is -1.62. The van der Waals surface area contributed by atoms with E-state index in [-0.39, 0.29) is 5.11 Å². The second-order valence-corrected chi connectivity index (χ2v) is 2.21. The van der Waals surface area contributed by atoms with E-state index in [9.17, 15) is 0 Å². The summed E-state index contributed by atoms with van der Waals surface area (Å²) in [5, 5.41) is 8.63. The van der Waals surface area contributed by atoms with Gasteiger partial charge in [0.1, 0.15) is 12.5 Å². The summed E-state index contributed by atoms with van der Waals surface area (Å²) in [6.45, 7) is 2.00. The summed E-state index contributed by atoms with van der Waals surface area (Å²) in [6.07, 6.45) is 0. The van der Waals surface area contributed by atoms with Gasteiger partial charge in [0.25, 0.3) is 0 Å². The summed E-state index contributed by atoms with van der Waals surface area (Å²) in [5.41, 5.74) is 9.24. The van der Waals surface area contributed by atoms with E-state index in [1.165, 1.54) is 0 Å². The number of para-hydroxylation sites is 1. The lowest BCUT2D eigenvalue weighted by molar-refractivity contribution is -0.0979. The fourth-order valence-electron chi connectivity index (χ4n) is 0.428. The second kappa shape index (κ2) is 10.4. The van der Waals surface area contributed by atoms with E-state index in [0.29, 0.717) is 5.75 Å². The van der Waals surface area contributed by atoms with Crippen LogP contribution in [0.25, 0.3) is 0 Å². The fraction of sp³-hybridized carbons (Fsp3) is 0. The van der Waals surface area contributed by atoms with E-state index in [1.54, 1.807) is 24.3 Å². The molecule has 5 N–H and O–H groups in total. The summed E-state index contributed by atoms with van der Waals surface area (Å²) in [6, 6.07) is 8.71. The molecule has 0 atom stereocenters. The maximum atomic E-state index is 8.63. The summed E-state index contributed by atoms with van der Waals surface area (Å²) in [4.78, 5) is 8.00. The minimum Gasteiger partial charge on any atom is -0.508 e. The number of carbonyl (C=O) groups is 1. The average Bonchev–Trinajstić information content (AvgIpc) is 2.08. The van der Waals surface area contributed by atoms with Gasteiger partial charge in [0.15, 0.2) is 5.11 Å². The number of nitrogens with two attached hydrogens (primary N) is 2. The molecule has 0 spiro atoms. The standard InChI is InChI=1S/C6H6O.CH4N2S.CH2O/c7-6-4-2-1-3-5-6;2-1(3)4;1-2/h1-5,7H;(H4,2,3,4);1H2. The molecule has 72 valence electrons. The first-order valence-electron chi connectivity index (χ1n) is 3.20. The molecule has 0 heterocycles. The zero-order chi connectivity index (χ0) is 10.7. The van der Waals surface area contributed by atoms with E-state index in [0.717, 1.165) is 0 Å². The summed E-state index contributed by atoms with van der Waals surface area (Å²) in [7, 11) is 0. The molecule has 0 aliphatic rings. The maximum Gasteiger partial charge on any atom is 0.160 e. The van der Waals surface area contributed by atoms with Crippen LogP contribution in [0.15, 0.2) is 30.3 Å². The van der Waals surface area contributed by atoms with Crippen LogP contribution < -0.4 is 11.5 Å². The Kier molecular flexibility index (Phi) is 11.1. The van der Waals surface area contributed by atoms with Crippen molar-refractivity contribution in [3.63, 3.8) is 0 Å². The third kappa shape index (κ3) is 17.9. The van der Waals surface area contributed by atoms with Crippen LogP contribution in [0.2, 0.25) is 0 Å². The van der Waals surface area contributed by atoms with Gasteiger partial charge >= 0.3 is 0 Å². The van der Waals surface area contributed by atoms with E-state index in [2.05, 4.69) is 23.7 Å². The molecule has 0 aliphatic heterocycles. The number of carbonyl (C=O) groups excluding carboxylic acids is 1. The van der Waals surface area contributed by atoms with Crippen molar-refractivity contribution in [3.8, 4) is 5.75 Å². The van der Waals surface area contributed by atoms with Crippen LogP contribution in [0.1, 0.15) is 0 Å². The highest BCUT2D eigenvalue weighted by molar-refractivity contribution is 7.80. The largest absolute Gasteiger partial charge is 0.508 e. The van der Waals surface area contributed by atoms with Crippen LogP contribution in [-0.4, -0.2) is 17.0 Å². The lowest BCUT2D eigenvalue weighted by Gasteiger charge is -1.82. The number of phenolic OH excluding ortho intramolecular Hbond substituents is 1. The predicted octanol–water partition coefficient (Wildman–Crippen LogP) is 0.396. The van der Waals surface area contributed by atoms with Crippen molar-refractivity contribution in [2.45, 2.75) is 0 Å². The molecular weight excluding hydrogens is 188 g/mol. The zero-order valence-electron chi connectivity index (χ0n) is 7.01. The maximum absolute atomic E-state index is 8.63. The van der Waals surface area contributed by atoms with Gasteiger partial charge in [-0.3, -0.25) is 0 Å². The minimum absolute atomic E-state index is 0.000000000000000222. The summed E-state index contributed by atoms with van der Waals surface area (Å²) >= 11 is 4.09. The number of hydrogen-bond acceptors (Lipinski definition) is 3. The van der Waals surface area contributed by atoms with Gasteiger partial charge < -0.3 is 21.4 Å². The van der Waals surface area contributed by atoms with Crippen molar-refractivity contribution in [3.05, 3.63) is 30.3 Å². The molecule has 0 radical (unpaired) electrons. The molecule has 0 saturated heterocycles. The Morgan fingerprint density at radius 3 is 1.69 bits per heavy atom. The molecule has 0 saturated carbocycles. The van der Waals surface area contributed by atoms with Crippen LogP contribution in [-0.2, 0) is 4.79 Å². The molecule has 1 aromatic carbocycles. The van der Waals surface area contributed by atoms with E-state index in [4.69, 9.17) is 9.90 Å². The highest BCUT2D eigenvalue weighted by atomic mass is 32.1. The van der Waals surface area contributed by atoms with Gasteiger partial charge in [0.05, 0.1) is 0 Å². The topological polar surface area (TPSA) is 89.3 Å². The van der Waals surface area contributed by atoms with Gasteiger partial charge in [-0.2, -0.15) is 0 Å². The normalized spacial score (nSPS) is 6.77. The van der Waals surface area contributed by atoms with Crippen molar-refractivity contribution in [1.82, 2.24) is 0 Å². The molecule has 1 rings (SSSR count). The number of benzene rings is 1. The smallest absolute Gasteiger partial charge is 0.160 e. The first kappa shape index (κ1) is 13.9. The van der Waals surface area contributed by atoms with Crippen LogP contribution in [0.5, 0.6) is 5.75 Å². The molecule has 0 unspecified atom stereocenters. The third-order valence-electron chi connectivity index (χ3n) is 0.756. The highest BCUT2D eigenvalue weighted by Crippen LogP contribution is 2.02. The Morgan fingerprint density at radius 2 is 1.54 bits per heavy atom. The quantitative estimate of drug-likeness (QED) is 0.527. The number of rotatable bonds is 0. The average molecular weight is 200 g/mol. The third-order valence-corrected chi connectivity index (χ3v) is 0.756. The minimum atomic E-state index is 0.000000000000000222. The number of aromatic hydroxyl groups is 1. The van der Waals surface area contributed by atoms with E-state index < -0.39 is 0 Å². The van der Waals surface area contributed by atoms with Gasteiger partial charge in [-0.1, -0.05) is 18.2 Å². The first-order chi connectivity index (χ1) is 6.13. The molecule has 5 heteroatoms. The Morgan fingerprint density at radius 1 is 1.23 bits per heavy atom. The molecular formula is C8H12N2O2S. The van der Waals surface area contributed by atoms with E-state index in [1.807, 2.05) is 12.9 Å². The molecule has 13 heavy (non-hydrogen) atoms. The van der Waals surface area contributed by atoms with Gasteiger partial charge in [-0.25, -0.2) is 0 Å². The summed E-state index contributed by atoms with van der Waals surface area (Å²) < 4.78 is 0. The second-order valence-electron chi connectivity index (χ2n) is 1.74. The van der Waals surface area contributed by atoms with Gasteiger partial charge in [-0.05, 0) is 24.4 Å². The SMILES string of the molecule is C=O.NC(N)=S.Oc1ccccc1. The van der Waals surface area contributed by atoms with Crippen molar-refractivity contribution < 1.29 is 9.90 Å². The predicted molar refractivity (Wildman–Crippen MR) is 56.2 cm³/mol. The van der Waals surface area contributed by atoms with Crippen LogP contribution >= 0.6 is 12.2 Å². The number of hydrogen-bond donors (Lipinski definition) is 3. The van der Waals surface area contributed by atoms with Gasteiger partial charge in [-0.15, -0.1) is 0 Å². The Bertz CT molecular complexity index is 225. The molecule has 0 aliphatic carbocycles. The Balaban J connectivity index is 0. The molecule has 4 nitrogen and oxygen atoms in total. The van der Waals surface area contributed by atoms with E-state index >= 15 is 0 Å². The number of phenols is 1. The molecule has 0 amide bonds. The van der Waals surface area contributed by atoms with Crippen molar-refractivity contribution in [2.24, 2.45) is 11.5 Å². The fourth-order valence-corrected chi connectivity index (χ4v) is 0.428. The van der Waals surface area contributed by atoms with Crippen molar-refractivity contribution in [1.29, 1.82) is 0 Å². The van der Waals surface area contributed by atoms with Crippen molar-refractivity contribution >= 4 is 24.1 Å². The summed E-state index contributed by atoms with van der Waals surface area (Å²) in [5.74, 6) is 0.322.